The van der Waals surface area contributed by atoms with Crippen LogP contribution in [0.1, 0.15) is 39.0 Å². The van der Waals surface area contributed by atoms with Crippen LogP contribution in [0.25, 0.3) is 11.3 Å². The van der Waals surface area contributed by atoms with Crippen molar-refractivity contribution >= 4 is 17.2 Å². The molecule has 4 rings (SSSR count). The lowest BCUT2D eigenvalue weighted by Crippen LogP contribution is -2.49. The Labute approximate surface area is 184 Å². The van der Waals surface area contributed by atoms with Crippen molar-refractivity contribution in [3.8, 4) is 11.3 Å². The molecule has 0 bridgehead atoms. The summed E-state index contributed by atoms with van der Waals surface area (Å²) in [7, 11) is 0. The van der Waals surface area contributed by atoms with Gasteiger partial charge in [-0.25, -0.2) is 9.37 Å². The lowest BCUT2D eigenvalue weighted by molar-refractivity contribution is -0.0140. The van der Waals surface area contributed by atoms with Gasteiger partial charge in [0.2, 0.25) is 0 Å². The standard InChI is InChI=1S/C24H25FN2O3S/c1-14-15(2)23(25)19(24(29)27-20-11-30-8-7-22(20)28)10-18(14)9-16-3-5-17(6-4-16)21-12-31-13-26-21/h3-6,10,12-13,20,22,28H,7-9,11H2,1-2H3,(H,27,29)/t20-,22-/m0/s1. The van der Waals surface area contributed by atoms with E-state index < -0.39 is 23.9 Å². The Bertz CT molecular complexity index is 1070. The van der Waals surface area contributed by atoms with Gasteiger partial charge in [-0.3, -0.25) is 4.79 Å². The number of carbonyl (C=O) groups excluding carboxylic acids is 1. The molecule has 1 aromatic heterocycles. The molecule has 2 aromatic carbocycles. The number of thiazole rings is 1. The minimum absolute atomic E-state index is 0.00466. The molecular weight excluding hydrogens is 415 g/mol. The first-order chi connectivity index (χ1) is 14.9. The van der Waals surface area contributed by atoms with Crippen LogP contribution in [0.4, 0.5) is 4.39 Å². The monoisotopic (exact) mass is 440 g/mol. The second-order valence-corrected chi connectivity index (χ2v) is 8.62. The van der Waals surface area contributed by atoms with Gasteiger partial charge in [0, 0.05) is 17.6 Å². The van der Waals surface area contributed by atoms with E-state index in [0.717, 1.165) is 27.9 Å². The van der Waals surface area contributed by atoms with Crippen molar-refractivity contribution in [1.29, 1.82) is 0 Å². The summed E-state index contributed by atoms with van der Waals surface area (Å²) in [5.74, 6) is -1.06. The number of halogens is 1. The number of hydrogen-bond acceptors (Lipinski definition) is 5. The number of carbonyl (C=O) groups is 1. The molecule has 1 saturated heterocycles. The highest BCUT2D eigenvalue weighted by atomic mass is 32.1. The zero-order chi connectivity index (χ0) is 22.0. The molecule has 0 radical (unpaired) electrons. The number of aliphatic hydroxyl groups is 1. The van der Waals surface area contributed by atoms with Crippen LogP contribution in [0.3, 0.4) is 0 Å². The highest BCUT2D eigenvalue weighted by Crippen LogP contribution is 2.25. The Morgan fingerprint density at radius 2 is 2.06 bits per heavy atom. The van der Waals surface area contributed by atoms with E-state index in [1.807, 2.05) is 36.6 Å². The average molecular weight is 441 g/mol. The summed E-state index contributed by atoms with van der Waals surface area (Å²) in [5.41, 5.74) is 7.04. The minimum atomic E-state index is -0.692. The fourth-order valence-electron chi connectivity index (χ4n) is 3.78. The van der Waals surface area contributed by atoms with Crippen LogP contribution < -0.4 is 5.32 Å². The average Bonchev–Trinajstić information content (AvgIpc) is 3.31. The van der Waals surface area contributed by atoms with E-state index >= 15 is 0 Å². The molecule has 7 heteroatoms. The fourth-order valence-corrected chi connectivity index (χ4v) is 4.34. The topological polar surface area (TPSA) is 71.5 Å². The maximum atomic E-state index is 14.9. The Morgan fingerprint density at radius 1 is 1.29 bits per heavy atom. The van der Waals surface area contributed by atoms with Crippen LogP contribution in [0, 0.1) is 19.7 Å². The lowest BCUT2D eigenvalue weighted by Gasteiger charge is -2.28. The number of nitrogens with one attached hydrogen (secondary N) is 1. The molecule has 2 N–H and O–H groups in total. The van der Waals surface area contributed by atoms with Crippen molar-refractivity contribution in [2.45, 2.75) is 38.8 Å². The highest BCUT2D eigenvalue weighted by molar-refractivity contribution is 7.07. The van der Waals surface area contributed by atoms with Gasteiger partial charge >= 0.3 is 0 Å². The van der Waals surface area contributed by atoms with E-state index in [4.69, 9.17) is 4.74 Å². The Balaban J connectivity index is 1.56. The smallest absolute Gasteiger partial charge is 0.254 e. The molecule has 2 heterocycles. The van der Waals surface area contributed by atoms with Crippen LogP contribution in [0.2, 0.25) is 0 Å². The summed E-state index contributed by atoms with van der Waals surface area (Å²) in [6, 6.07) is 9.19. The van der Waals surface area contributed by atoms with Crippen LogP contribution in [-0.4, -0.2) is 41.4 Å². The van der Waals surface area contributed by atoms with Gasteiger partial charge in [0.1, 0.15) is 5.82 Å². The molecule has 0 saturated carbocycles. The van der Waals surface area contributed by atoms with Gasteiger partial charge in [-0.2, -0.15) is 0 Å². The second kappa shape index (κ2) is 9.26. The molecule has 2 atom stereocenters. The third-order valence-electron chi connectivity index (χ3n) is 5.89. The quantitative estimate of drug-likeness (QED) is 0.628. The molecule has 0 unspecified atom stereocenters. The predicted octanol–water partition coefficient (Wildman–Crippen LogP) is 4.04. The SMILES string of the molecule is Cc1c(Cc2ccc(-c3cscn3)cc2)cc(C(=O)N[C@H]2COCC[C@@H]2O)c(F)c1C. The fraction of sp³-hybridized carbons (Fsp3) is 0.333. The molecule has 3 aromatic rings. The van der Waals surface area contributed by atoms with Crippen molar-refractivity contribution in [2.75, 3.05) is 13.2 Å². The van der Waals surface area contributed by atoms with Gasteiger partial charge in [-0.05, 0) is 55.0 Å². The zero-order valence-corrected chi connectivity index (χ0v) is 18.3. The van der Waals surface area contributed by atoms with E-state index in [1.54, 1.807) is 29.8 Å². The number of aliphatic hydroxyl groups excluding tert-OH is 1. The van der Waals surface area contributed by atoms with Crippen molar-refractivity contribution in [2.24, 2.45) is 0 Å². The van der Waals surface area contributed by atoms with E-state index in [1.165, 1.54) is 0 Å². The largest absolute Gasteiger partial charge is 0.391 e. The van der Waals surface area contributed by atoms with Crippen LogP contribution in [0.15, 0.2) is 41.2 Å². The summed E-state index contributed by atoms with van der Waals surface area (Å²) in [4.78, 5) is 17.1. The van der Waals surface area contributed by atoms with Gasteiger partial charge in [-0.1, -0.05) is 24.3 Å². The minimum Gasteiger partial charge on any atom is -0.391 e. The second-order valence-electron chi connectivity index (χ2n) is 7.91. The van der Waals surface area contributed by atoms with Crippen molar-refractivity contribution in [1.82, 2.24) is 10.3 Å². The first kappa shape index (κ1) is 21.6. The number of rotatable bonds is 5. The number of nitrogens with zero attached hydrogens (tertiary/aromatic N) is 1. The van der Waals surface area contributed by atoms with E-state index in [9.17, 15) is 14.3 Å². The Morgan fingerprint density at radius 3 is 2.74 bits per heavy atom. The van der Waals surface area contributed by atoms with Gasteiger partial charge < -0.3 is 15.2 Å². The first-order valence-electron chi connectivity index (χ1n) is 10.3. The van der Waals surface area contributed by atoms with Crippen molar-refractivity contribution in [3.05, 3.63) is 74.9 Å². The van der Waals surface area contributed by atoms with Crippen molar-refractivity contribution in [3.63, 3.8) is 0 Å². The summed E-state index contributed by atoms with van der Waals surface area (Å²) in [6.07, 6.45) is 0.338. The molecule has 1 aliphatic heterocycles. The normalized spacial score (nSPS) is 18.7. The molecule has 1 aliphatic rings. The van der Waals surface area contributed by atoms with E-state index in [0.29, 0.717) is 25.0 Å². The Hall–Kier alpha value is -2.61. The molecule has 162 valence electrons. The van der Waals surface area contributed by atoms with Crippen molar-refractivity contribution < 1.29 is 19.0 Å². The summed E-state index contributed by atoms with van der Waals surface area (Å²) >= 11 is 1.55. The summed E-state index contributed by atoms with van der Waals surface area (Å²) in [5, 5.41) is 14.8. The third kappa shape index (κ3) is 4.69. The van der Waals surface area contributed by atoms with Crippen LogP contribution >= 0.6 is 11.3 Å². The van der Waals surface area contributed by atoms with Gasteiger partial charge in [0.25, 0.3) is 5.91 Å². The van der Waals surface area contributed by atoms with E-state index in [-0.39, 0.29) is 12.2 Å². The van der Waals surface area contributed by atoms with Gasteiger partial charge in [0.15, 0.2) is 0 Å². The number of amides is 1. The van der Waals surface area contributed by atoms with E-state index in [2.05, 4.69) is 10.3 Å². The first-order valence-corrected chi connectivity index (χ1v) is 11.2. The molecular formula is C24H25FN2O3S. The molecule has 1 fully saturated rings. The molecule has 31 heavy (non-hydrogen) atoms. The lowest BCUT2D eigenvalue weighted by atomic mass is 9.93. The number of benzene rings is 2. The zero-order valence-electron chi connectivity index (χ0n) is 17.5. The van der Waals surface area contributed by atoms with Gasteiger partial charge in [0.05, 0.1) is 35.5 Å². The number of hydrogen-bond donors (Lipinski definition) is 2. The molecule has 5 nitrogen and oxygen atoms in total. The summed E-state index contributed by atoms with van der Waals surface area (Å²) < 4.78 is 20.3. The maximum Gasteiger partial charge on any atom is 0.254 e. The van der Waals surface area contributed by atoms with Crippen LogP contribution in [-0.2, 0) is 11.2 Å². The molecule has 0 aliphatic carbocycles. The summed E-state index contributed by atoms with van der Waals surface area (Å²) in [6.45, 7) is 4.24. The number of ether oxygens (including phenoxy) is 1. The Kier molecular flexibility index (Phi) is 6.46. The van der Waals surface area contributed by atoms with Gasteiger partial charge in [-0.15, -0.1) is 11.3 Å². The highest BCUT2D eigenvalue weighted by Gasteiger charge is 2.27. The third-order valence-corrected chi connectivity index (χ3v) is 6.47. The molecule has 0 spiro atoms. The predicted molar refractivity (Wildman–Crippen MR) is 119 cm³/mol. The number of aromatic nitrogens is 1. The van der Waals surface area contributed by atoms with Crippen LogP contribution in [0.5, 0.6) is 0 Å². The molecule has 1 amide bonds. The maximum absolute atomic E-state index is 14.9.